The number of hydrogen-bond donors (Lipinski definition) is 1. The van der Waals surface area contributed by atoms with Gasteiger partial charge in [-0.3, -0.25) is 0 Å². The summed E-state index contributed by atoms with van der Waals surface area (Å²) in [6.45, 7) is 0. The molecule has 3 nitrogen and oxygen atoms in total. The molecule has 2 rings (SSSR count). The summed E-state index contributed by atoms with van der Waals surface area (Å²) in [7, 11) is 1.49. The monoisotopic (exact) mass is 329 g/mol. The molecule has 0 spiro atoms. The minimum absolute atomic E-state index is 0.0757. The Bertz CT molecular complexity index is 685. The second kappa shape index (κ2) is 6.27. The summed E-state index contributed by atoms with van der Waals surface area (Å²) in [4.78, 5) is 0. The number of phenols is 1. The Morgan fingerprint density at radius 2 is 1.95 bits per heavy atom. The van der Waals surface area contributed by atoms with E-state index in [9.17, 15) is 10.4 Å². The fourth-order valence-corrected chi connectivity index (χ4v) is 2.02. The Morgan fingerprint density at radius 3 is 2.55 bits per heavy atom. The van der Waals surface area contributed by atoms with Crippen LogP contribution >= 0.6 is 15.9 Å². The number of allylic oxidation sites excluding steroid dienone is 1. The lowest BCUT2D eigenvalue weighted by atomic mass is 10.0. The van der Waals surface area contributed by atoms with Crippen molar-refractivity contribution < 1.29 is 9.84 Å². The van der Waals surface area contributed by atoms with Crippen molar-refractivity contribution >= 4 is 27.6 Å². The van der Waals surface area contributed by atoms with Gasteiger partial charge in [0.2, 0.25) is 0 Å². The first-order valence-electron chi connectivity index (χ1n) is 5.89. The van der Waals surface area contributed by atoms with Crippen LogP contribution in [0.1, 0.15) is 11.1 Å². The molecule has 0 atom stereocenters. The number of nitriles is 1. The Hall–Kier alpha value is -2.25. The molecule has 0 saturated carbocycles. The zero-order valence-electron chi connectivity index (χ0n) is 10.8. The number of halogens is 1. The standard InChI is InChI=1S/C16H12BrNO2/c1-20-16-9-11(2-7-15(16)19)8-13(10-18)12-3-5-14(17)6-4-12/h2-9,19H,1H3/b13-8-. The fourth-order valence-electron chi connectivity index (χ4n) is 1.76. The SMILES string of the molecule is COc1cc(/C=C(/C#N)c2ccc(Br)cc2)ccc1O. The highest BCUT2D eigenvalue weighted by Crippen LogP contribution is 2.28. The van der Waals surface area contributed by atoms with E-state index in [1.165, 1.54) is 7.11 Å². The molecule has 0 heterocycles. The normalized spacial score (nSPS) is 10.9. The lowest BCUT2D eigenvalue weighted by Crippen LogP contribution is -1.86. The molecule has 1 N–H and O–H groups in total. The molecule has 20 heavy (non-hydrogen) atoms. The van der Waals surface area contributed by atoms with Crippen molar-refractivity contribution in [3.05, 3.63) is 58.1 Å². The third-order valence-electron chi connectivity index (χ3n) is 2.79. The molecule has 0 aliphatic carbocycles. The van der Waals surface area contributed by atoms with Crippen LogP contribution in [0.5, 0.6) is 11.5 Å². The number of nitrogens with zero attached hydrogens (tertiary/aromatic N) is 1. The first-order valence-corrected chi connectivity index (χ1v) is 6.68. The van der Waals surface area contributed by atoms with E-state index in [1.54, 1.807) is 24.3 Å². The lowest BCUT2D eigenvalue weighted by Gasteiger charge is -2.05. The molecule has 0 unspecified atom stereocenters. The van der Waals surface area contributed by atoms with Gasteiger partial charge in [-0.25, -0.2) is 0 Å². The quantitative estimate of drug-likeness (QED) is 0.677. The molecule has 100 valence electrons. The smallest absolute Gasteiger partial charge is 0.161 e. The van der Waals surface area contributed by atoms with Gasteiger partial charge in [0, 0.05) is 4.47 Å². The van der Waals surface area contributed by atoms with Gasteiger partial charge < -0.3 is 9.84 Å². The summed E-state index contributed by atoms with van der Waals surface area (Å²) in [6, 6.07) is 14.7. The molecule has 0 aliphatic rings. The van der Waals surface area contributed by atoms with E-state index < -0.39 is 0 Å². The average Bonchev–Trinajstić information content (AvgIpc) is 2.47. The first-order chi connectivity index (χ1) is 9.63. The van der Waals surface area contributed by atoms with Crippen LogP contribution in [0, 0.1) is 11.3 Å². The minimum atomic E-state index is 0.0757. The summed E-state index contributed by atoms with van der Waals surface area (Å²) in [5.74, 6) is 0.457. The molecule has 0 amide bonds. The van der Waals surface area contributed by atoms with Gasteiger partial charge in [-0.1, -0.05) is 34.1 Å². The van der Waals surface area contributed by atoms with Crippen LogP contribution in [0.25, 0.3) is 11.6 Å². The number of aromatic hydroxyl groups is 1. The number of phenolic OH excluding ortho intramolecular Hbond substituents is 1. The third-order valence-corrected chi connectivity index (χ3v) is 3.32. The van der Waals surface area contributed by atoms with Crippen molar-refractivity contribution in [2.45, 2.75) is 0 Å². The van der Waals surface area contributed by atoms with Gasteiger partial charge in [0.15, 0.2) is 11.5 Å². The number of rotatable bonds is 3. The maximum absolute atomic E-state index is 9.56. The fraction of sp³-hybridized carbons (Fsp3) is 0.0625. The average molecular weight is 330 g/mol. The second-order valence-corrected chi connectivity index (χ2v) is 5.02. The number of benzene rings is 2. The molecule has 4 heteroatoms. The lowest BCUT2D eigenvalue weighted by molar-refractivity contribution is 0.373. The topological polar surface area (TPSA) is 53.2 Å². The molecule has 0 aromatic heterocycles. The molecule has 2 aromatic rings. The van der Waals surface area contributed by atoms with E-state index >= 15 is 0 Å². The maximum atomic E-state index is 9.56. The van der Waals surface area contributed by atoms with Gasteiger partial charge in [0.1, 0.15) is 0 Å². The Kier molecular flexibility index (Phi) is 4.44. The minimum Gasteiger partial charge on any atom is -0.504 e. The van der Waals surface area contributed by atoms with E-state index in [0.29, 0.717) is 11.3 Å². The summed E-state index contributed by atoms with van der Waals surface area (Å²) < 4.78 is 6.02. The molecule has 0 radical (unpaired) electrons. The summed E-state index contributed by atoms with van der Waals surface area (Å²) in [5.41, 5.74) is 2.17. The zero-order chi connectivity index (χ0) is 14.5. The number of methoxy groups -OCH3 is 1. The number of ether oxygens (including phenoxy) is 1. The highest BCUT2D eigenvalue weighted by molar-refractivity contribution is 9.10. The van der Waals surface area contributed by atoms with Crippen LogP contribution < -0.4 is 4.74 Å². The zero-order valence-corrected chi connectivity index (χ0v) is 12.4. The summed E-state index contributed by atoms with van der Waals surface area (Å²) >= 11 is 3.36. The predicted molar refractivity (Wildman–Crippen MR) is 82.3 cm³/mol. The van der Waals surface area contributed by atoms with Crippen LogP contribution in [0.4, 0.5) is 0 Å². The van der Waals surface area contributed by atoms with Gasteiger partial charge in [-0.2, -0.15) is 5.26 Å². The molecule has 2 aromatic carbocycles. The molecular formula is C16H12BrNO2. The number of hydrogen-bond acceptors (Lipinski definition) is 3. The summed E-state index contributed by atoms with van der Waals surface area (Å²) in [5, 5.41) is 18.8. The van der Waals surface area contributed by atoms with Crippen LogP contribution in [0.3, 0.4) is 0 Å². The summed E-state index contributed by atoms with van der Waals surface area (Å²) in [6.07, 6.45) is 1.76. The van der Waals surface area contributed by atoms with Crippen LogP contribution in [0.2, 0.25) is 0 Å². The highest BCUT2D eigenvalue weighted by atomic mass is 79.9. The largest absolute Gasteiger partial charge is 0.504 e. The van der Waals surface area contributed by atoms with E-state index in [1.807, 2.05) is 24.3 Å². The van der Waals surface area contributed by atoms with Crippen molar-refractivity contribution in [2.75, 3.05) is 7.11 Å². The maximum Gasteiger partial charge on any atom is 0.161 e. The van der Waals surface area contributed by atoms with Gasteiger partial charge in [-0.15, -0.1) is 0 Å². The van der Waals surface area contributed by atoms with Gasteiger partial charge in [0.05, 0.1) is 18.8 Å². The van der Waals surface area contributed by atoms with E-state index in [2.05, 4.69) is 22.0 Å². The molecule has 0 aliphatic heterocycles. The van der Waals surface area contributed by atoms with Crippen LogP contribution in [-0.2, 0) is 0 Å². The second-order valence-electron chi connectivity index (χ2n) is 4.11. The van der Waals surface area contributed by atoms with Crippen molar-refractivity contribution in [1.29, 1.82) is 5.26 Å². The first kappa shape index (κ1) is 14.2. The Balaban J connectivity index is 2.41. The van der Waals surface area contributed by atoms with Gasteiger partial charge >= 0.3 is 0 Å². The van der Waals surface area contributed by atoms with Gasteiger partial charge in [-0.05, 0) is 41.5 Å². The Morgan fingerprint density at radius 1 is 1.25 bits per heavy atom. The van der Waals surface area contributed by atoms with Crippen molar-refractivity contribution in [3.63, 3.8) is 0 Å². The van der Waals surface area contributed by atoms with Crippen LogP contribution in [-0.4, -0.2) is 12.2 Å². The molecule has 0 bridgehead atoms. The van der Waals surface area contributed by atoms with E-state index in [0.717, 1.165) is 15.6 Å². The molecule has 0 saturated heterocycles. The van der Waals surface area contributed by atoms with E-state index in [-0.39, 0.29) is 5.75 Å². The van der Waals surface area contributed by atoms with Crippen molar-refractivity contribution in [1.82, 2.24) is 0 Å². The molecule has 0 fully saturated rings. The highest BCUT2D eigenvalue weighted by Gasteiger charge is 2.04. The predicted octanol–water partition coefficient (Wildman–Crippen LogP) is 4.23. The van der Waals surface area contributed by atoms with E-state index in [4.69, 9.17) is 4.74 Å². The van der Waals surface area contributed by atoms with Crippen LogP contribution in [0.15, 0.2) is 46.9 Å². The Labute approximate surface area is 125 Å². The van der Waals surface area contributed by atoms with Crippen molar-refractivity contribution in [2.24, 2.45) is 0 Å². The van der Waals surface area contributed by atoms with Gasteiger partial charge in [0.25, 0.3) is 0 Å². The van der Waals surface area contributed by atoms with Crippen molar-refractivity contribution in [3.8, 4) is 17.6 Å². The molecular weight excluding hydrogens is 318 g/mol. The third kappa shape index (κ3) is 3.19.